The van der Waals surface area contributed by atoms with E-state index in [-0.39, 0.29) is 3.99 Å². The summed E-state index contributed by atoms with van der Waals surface area (Å²) in [7, 11) is -1.68. The molecule has 0 fully saturated rings. The second-order valence-corrected chi connectivity index (χ2v) is 15.5. The third-order valence-corrected chi connectivity index (χ3v) is 12.4. The van der Waals surface area contributed by atoms with Crippen molar-refractivity contribution in [2.45, 2.75) is 17.8 Å². The summed E-state index contributed by atoms with van der Waals surface area (Å²) in [5, 5.41) is 4.44. The van der Waals surface area contributed by atoms with E-state index in [9.17, 15) is 0 Å². The van der Waals surface area contributed by atoms with Crippen LogP contribution in [0.25, 0.3) is 0 Å². The number of hydrogen-bond donors (Lipinski definition) is 0. The molecule has 23 heavy (non-hydrogen) atoms. The standard InChI is InChI=1S/C21H23GeP/c1-21(2,22)23(18-12-6-3-7-13-18,19-14-8-4-9-15-19)20-16-10-5-11-17-20/h3-17H,22H2,1-2H3/q+1. The van der Waals surface area contributed by atoms with Crippen molar-refractivity contribution in [1.29, 1.82) is 0 Å². The van der Waals surface area contributed by atoms with Gasteiger partial charge in [0.2, 0.25) is 0 Å². The minimum absolute atomic E-state index is 0.261. The van der Waals surface area contributed by atoms with Crippen molar-refractivity contribution in [2.75, 3.05) is 0 Å². The van der Waals surface area contributed by atoms with Gasteiger partial charge in [-0.3, -0.25) is 0 Å². The Morgan fingerprint density at radius 2 is 0.826 bits per heavy atom. The molecule has 0 saturated carbocycles. The Morgan fingerprint density at radius 3 is 1.04 bits per heavy atom. The summed E-state index contributed by atoms with van der Waals surface area (Å²) in [5.41, 5.74) is 0. The van der Waals surface area contributed by atoms with E-state index in [1.807, 2.05) is 0 Å². The summed E-state index contributed by atoms with van der Waals surface area (Å²) in [6, 6.07) is 33.4. The molecule has 0 unspecified atom stereocenters. The van der Waals surface area contributed by atoms with Crippen LogP contribution in [-0.2, 0) is 0 Å². The average molecular weight is 379 g/mol. The van der Waals surface area contributed by atoms with Gasteiger partial charge in [0.15, 0.2) is 0 Å². The topological polar surface area (TPSA) is 0 Å². The predicted octanol–water partition coefficient (Wildman–Crippen LogP) is 3.35. The van der Waals surface area contributed by atoms with E-state index in [1.54, 1.807) is 0 Å². The van der Waals surface area contributed by atoms with E-state index in [0.29, 0.717) is 0 Å². The molecule has 0 aliphatic heterocycles. The van der Waals surface area contributed by atoms with Gasteiger partial charge < -0.3 is 0 Å². The molecule has 0 nitrogen and oxygen atoms in total. The van der Waals surface area contributed by atoms with Gasteiger partial charge in [-0.15, -0.1) is 0 Å². The molecule has 3 aromatic rings. The normalized spacial score (nSPS) is 12.1. The first-order valence-electron chi connectivity index (χ1n) is 7.98. The van der Waals surface area contributed by atoms with E-state index in [1.165, 1.54) is 32.4 Å². The molecule has 0 aliphatic carbocycles. The van der Waals surface area contributed by atoms with Gasteiger partial charge in [0.25, 0.3) is 0 Å². The molecule has 3 aromatic carbocycles. The predicted molar refractivity (Wildman–Crippen MR) is 108 cm³/mol. The van der Waals surface area contributed by atoms with Gasteiger partial charge in [0, 0.05) is 0 Å². The fourth-order valence-corrected chi connectivity index (χ4v) is 11.7. The van der Waals surface area contributed by atoms with Crippen molar-refractivity contribution in [1.82, 2.24) is 0 Å². The van der Waals surface area contributed by atoms with E-state index >= 15 is 0 Å². The summed E-state index contributed by atoms with van der Waals surface area (Å²) in [4.78, 5) is 0. The second-order valence-electron chi connectivity index (χ2n) is 6.49. The summed E-state index contributed by atoms with van der Waals surface area (Å²) in [6.07, 6.45) is 0. The maximum absolute atomic E-state index is 2.44. The van der Waals surface area contributed by atoms with E-state index < -0.39 is 7.26 Å². The first-order valence-corrected chi connectivity index (χ1v) is 11.3. The molecular weight excluding hydrogens is 356 g/mol. The van der Waals surface area contributed by atoms with Gasteiger partial charge in [-0.1, -0.05) is 0 Å². The summed E-state index contributed by atoms with van der Waals surface area (Å²) in [6.45, 7) is 4.88. The van der Waals surface area contributed by atoms with Crippen molar-refractivity contribution in [3.05, 3.63) is 91.0 Å². The van der Waals surface area contributed by atoms with Crippen LogP contribution in [0.4, 0.5) is 0 Å². The molecule has 2 heteroatoms. The maximum atomic E-state index is 2.44. The molecule has 0 N–H and O–H groups in total. The molecule has 0 aliphatic rings. The first kappa shape index (κ1) is 16.5. The molecular formula is C21H23GeP+. The van der Waals surface area contributed by atoms with Crippen LogP contribution in [0.3, 0.4) is 0 Å². The van der Waals surface area contributed by atoms with Crippen molar-refractivity contribution >= 4 is 39.7 Å². The van der Waals surface area contributed by atoms with Crippen molar-refractivity contribution in [2.24, 2.45) is 0 Å². The quantitative estimate of drug-likeness (QED) is 0.482. The minimum atomic E-state index is -1.68. The second kappa shape index (κ2) is 6.63. The monoisotopic (exact) mass is 380 g/mol. The molecule has 0 amide bonds. The number of benzene rings is 3. The van der Waals surface area contributed by atoms with Gasteiger partial charge in [0.1, 0.15) is 0 Å². The van der Waals surface area contributed by atoms with Gasteiger partial charge in [-0.25, -0.2) is 0 Å². The van der Waals surface area contributed by atoms with Crippen LogP contribution in [0.1, 0.15) is 13.8 Å². The molecule has 0 spiro atoms. The first-order chi connectivity index (χ1) is 11.1. The van der Waals surface area contributed by atoms with Crippen LogP contribution in [0.5, 0.6) is 0 Å². The van der Waals surface area contributed by atoms with Crippen LogP contribution in [-0.4, -0.2) is 20.5 Å². The van der Waals surface area contributed by atoms with E-state index in [0.717, 1.165) is 0 Å². The van der Waals surface area contributed by atoms with Crippen molar-refractivity contribution in [3.63, 3.8) is 0 Å². The van der Waals surface area contributed by atoms with Gasteiger partial charge in [-0.2, -0.15) is 0 Å². The number of rotatable bonds is 4. The molecule has 115 valence electrons. The molecule has 0 bridgehead atoms. The zero-order chi connectivity index (χ0) is 16.3. The van der Waals surface area contributed by atoms with Crippen LogP contribution in [0.2, 0.25) is 0 Å². The zero-order valence-electron chi connectivity index (χ0n) is 13.8. The fraction of sp³-hybridized carbons (Fsp3) is 0.143. The molecule has 0 heterocycles. The van der Waals surface area contributed by atoms with Crippen molar-refractivity contribution in [3.8, 4) is 0 Å². The average Bonchev–Trinajstić information content (AvgIpc) is 2.57. The molecule has 0 aromatic heterocycles. The molecule has 1 radical (unpaired) electrons. The van der Waals surface area contributed by atoms with Crippen LogP contribution < -0.4 is 15.9 Å². The Labute approximate surface area is 148 Å². The SMILES string of the molecule is C[C](C)([GeH2])[P+](c1ccccc1)(c1ccccc1)c1ccccc1. The number of hydrogen-bond acceptors (Lipinski definition) is 0. The third kappa shape index (κ3) is 2.91. The van der Waals surface area contributed by atoms with Crippen LogP contribution in [0, 0.1) is 0 Å². The third-order valence-electron chi connectivity index (χ3n) is 4.34. The van der Waals surface area contributed by atoms with E-state index in [4.69, 9.17) is 0 Å². The Morgan fingerprint density at radius 1 is 0.565 bits per heavy atom. The van der Waals surface area contributed by atoms with Crippen LogP contribution >= 0.6 is 7.26 Å². The molecule has 0 atom stereocenters. The Kier molecular flexibility index (Phi) is 4.75. The Hall–Kier alpha value is -1.37. The molecule has 0 saturated heterocycles. The van der Waals surface area contributed by atoms with Gasteiger partial charge in [-0.05, 0) is 0 Å². The Bertz CT molecular complexity index is 649. The van der Waals surface area contributed by atoms with Gasteiger partial charge >= 0.3 is 149 Å². The fourth-order valence-electron chi connectivity index (χ4n) is 3.45. The van der Waals surface area contributed by atoms with Crippen molar-refractivity contribution < 1.29 is 0 Å². The molecule has 3 rings (SSSR count). The van der Waals surface area contributed by atoms with E-state index in [2.05, 4.69) is 105 Å². The van der Waals surface area contributed by atoms with Crippen LogP contribution in [0.15, 0.2) is 91.0 Å². The Balaban J connectivity index is 2.41. The summed E-state index contributed by atoms with van der Waals surface area (Å²) in [5.74, 6) is 0. The summed E-state index contributed by atoms with van der Waals surface area (Å²) >= 11 is 1.26. The van der Waals surface area contributed by atoms with Gasteiger partial charge in [0.05, 0.1) is 0 Å². The summed E-state index contributed by atoms with van der Waals surface area (Å²) < 4.78 is 0.261. The zero-order valence-corrected chi connectivity index (χ0v) is 17.7.